The molecule has 1 aliphatic rings. The summed E-state index contributed by atoms with van der Waals surface area (Å²) in [5.74, 6) is 0.712. The number of rotatable bonds is 4. The zero-order valence-corrected chi connectivity index (χ0v) is 15.8. The first-order valence-electron chi connectivity index (χ1n) is 7.56. The van der Waals surface area contributed by atoms with Gasteiger partial charge in [-0.1, -0.05) is 18.2 Å². The van der Waals surface area contributed by atoms with Crippen LogP contribution in [0.2, 0.25) is 0 Å². The molecule has 5 nitrogen and oxygen atoms in total. The predicted octanol–water partition coefficient (Wildman–Crippen LogP) is 3.93. The molecule has 0 radical (unpaired) electrons. The molecule has 1 atom stereocenters. The first-order valence-corrected chi connectivity index (χ1v) is 7.56. The van der Waals surface area contributed by atoms with Crippen LogP contribution in [0.3, 0.4) is 0 Å². The number of nitrogens with zero attached hydrogens (tertiary/aromatic N) is 1. The van der Waals surface area contributed by atoms with Gasteiger partial charge in [-0.3, -0.25) is 0 Å². The van der Waals surface area contributed by atoms with E-state index in [2.05, 4.69) is 15.0 Å². The largest absolute Gasteiger partial charge is 0.573 e. The molecule has 3 rings (SSSR count). The molecule has 0 saturated heterocycles. The Morgan fingerprint density at radius 1 is 1.19 bits per heavy atom. The molecule has 0 saturated carbocycles. The molecule has 0 amide bonds. The molecule has 3 N–H and O–H groups in total. The molecule has 0 aliphatic carbocycles. The van der Waals surface area contributed by atoms with Gasteiger partial charge in [0.25, 0.3) is 0 Å². The molecule has 0 fully saturated rings. The lowest BCUT2D eigenvalue weighted by Crippen LogP contribution is -2.26. The SMILES string of the molecule is I.NC(=NCC1Cc2ccccc2O1)Nc1ccc(OC(F)(F)F)cc1. The van der Waals surface area contributed by atoms with Crippen LogP contribution in [0, 0.1) is 0 Å². The van der Waals surface area contributed by atoms with E-state index < -0.39 is 6.36 Å². The Bertz CT molecular complexity index is 742. The molecular weight excluding hydrogens is 462 g/mol. The lowest BCUT2D eigenvalue weighted by Gasteiger charge is -2.11. The Balaban J connectivity index is 0.00000243. The topological polar surface area (TPSA) is 68.9 Å². The van der Waals surface area contributed by atoms with Gasteiger partial charge >= 0.3 is 6.36 Å². The van der Waals surface area contributed by atoms with Gasteiger partial charge in [0.05, 0.1) is 6.54 Å². The van der Waals surface area contributed by atoms with E-state index in [-0.39, 0.29) is 41.8 Å². The van der Waals surface area contributed by atoms with Crippen LogP contribution in [0.25, 0.3) is 0 Å². The molecule has 2 aromatic carbocycles. The first kappa shape index (κ1) is 20.1. The molecule has 1 unspecified atom stereocenters. The number of alkyl halides is 3. The van der Waals surface area contributed by atoms with E-state index >= 15 is 0 Å². The quantitative estimate of drug-likeness (QED) is 0.396. The van der Waals surface area contributed by atoms with Gasteiger partial charge in [0.2, 0.25) is 0 Å². The third-order valence-electron chi connectivity index (χ3n) is 3.54. The minimum Gasteiger partial charge on any atom is -0.488 e. The number of hydrogen-bond donors (Lipinski definition) is 2. The van der Waals surface area contributed by atoms with Gasteiger partial charge in [-0.15, -0.1) is 37.1 Å². The van der Waals surface area contributed by atoms with Crippen LogP contribution in [-0.4, -0.2) is 25.0 Å². The summed E-state index contributed by atoms with van der Waals surface area (Å²) >= 11 is 0. The van der Waals surface area contributed by atoms with Crippen LogP contribution < -0.4 is 20.5 Å². The number of nitrogens with two attached hydrogens (primary N) is 1. The maximum atomic E-state index is 12.1. The summed E-state index contributed by atoms with van der Waals surface area (Å²) in [6.45, 7) is 0.378. The summed E-state index contributed by atoms with van der Waals surface area (Å²) in [7, 11) is 0. The van der Waals surface area contributed by atoms with Crippen molar-refractivity contribution in [2.75, 3.05) is 11.9 Å². The Labute approximate surface area is 165 Å². The number of nitrogens with one attached hydrogen (secondary N) is 1. The van der Waals surface area contributed by atoms with Crippen molar-refractivity contribution in [2.24, 2.45) is 10.7 Å². The molecular formula is C17H17F3IN3O2. The molecule has 0 spiro atoms. The second-order valence-corrected chi connectivity index (χ2v) is 5.47. The average molecular weight is 479 g/mol. The summed E-state index contributed by atoms with van der Waals surface area (Å²) < 4.78 is 45.9. The summed E-state index contributed by atoms with van der Waals surface area (Å²) in [4.78, 5) is 4.21. The van der Waals surface area contributed by atoms with Crippen molar-refractivity contribution in [3.8, 4) is 11.5 Å². The van der Waals surface area contributed by atoms with Crippen LogP contribution >= 0.6 is 24.0 Å². The van der Waals surface area contributed by atoms with E-state index in [4.69, 9.17) is 10.5 Å². The van der Waals surface area contributed by atoms with E-state index in [1.807, 2.05) is 24.3 Å². The highest BCUT2D eigenvalue weighted by atomic mass is 127. The van der Waals surface area contributed by atoms with Gasteiger partial charge in [0.15, 0.2) is 5.96 Å². The monoisotopic (exact) mass is 479 g/mol. The molecule has 0 bridgehead atoms. The van der Waals surface area contributed by atoms with E-state index in [1.165, 1.54) is 24.3 Å². The first-order chi connectivity index (χ1) is 11.9. The fourth-order valence-corrected chi connectivity index (χ4v) is 2.48. The van der Waals surface area contributed by atoms with Crippen molar-refractivity contribution in [3.05, 3.63) is 54.1 Å². The minimum atomic E-state index is -4.71. The number of guanidine groups is 1. The number of halogens is 4. The second kappa shape index (κ2) is 8.47. The number of aliphatic imine (C=N–C) groups is 1. The highest BCUT2D eigenvalue weighted by molar-refractivity contribution is 14.0. The van der Waals surface area contributed by atoms with Crippen molar-refractivity contribution in [3.63, 3.8) is 0 Å². The Hall–Kier alpha value is -2.17. The van der Waals surface area contributed by atoms with Crippen molar-refractivity contribution in [1.29, 1.82) is 0 Å². The van der Waals surface area contributed by atoms with Crippen LogP contribution in [-0.2, 0) is 6.42 Å². The van der Waals surface area contributed by atoms with Crippen molar-refractivity contribution >= 4 is 35.6 Å². The molecule has 0 aromatic heterocycles. The maximum absolute atomic E-state index is 12.1. The number of hydrogen-bond acceptors (Lipinski definition) is 3. The van der Waals surface area contributed by atoms with Crippen LogP contribution in [0.4, 0.5) is 18.9 Å². The molecule has 26 heavy (non-hydrogen) atoms. The van der Waals surface area contributed by atoms with Crippen LogP contribution in [0.5, 0.6) is 11.5 Å². The third kappa shape index (κ3) is 5.68. The van der Waals surface area contributed by atoms with Crippen LogP contribution in [0.1, 0.15) is 5.56 Å². The second-order valence-electron chi connectivity index (χ2n) is 5.47. The standard InChI is InChI=1S/C17H16F3N3O2.HI/c18-17(19,20)25-13-7-5-12(6-8-13)23-16(21)22-10-14-9-11-3-1-2-4-15(11)24-14;/h1-8,14H,9-10H2,(H3,21,22,23);1H. The molecule has 1 heterocycles. The van der Waals surface area contributed by atoms with Gasteiger partial charge in [0, 0.05) is 12.1 Å². The summed E-state index contributed by atoms with van der Waals surface area (Å²) in [5.41, 5.74) is 7.44. The molecule has 1 aliphatic heterocycles. The zero-order chi connectivity index (χ0) is 17.9. The van der Waals surface area contributed by atoms with Gasteiger partial charge < -0.3 is 20.5 Å². The predicted molar refractivity (Wildman–Crippen MR) is 103 cm³/mol. The normalized spacial score (nSPS) is 16.3. The summed E-state index contributed by atoms with van der Waals surface area (Å²) in [5, 5.41) is 2.81. The number of anilines is 1. The van der Waals surface area contributed by atoms with E-state index in [0.29, 0.717) is 12.2 Å². The number of ether oxygens (including phenoxy) is 2. The molecule has 2 aromatic rings. The number of benzene rings is 2. The number of fused-ring (bicyclic) bond motifs is 1. The average Bonchev–Trinajstić information content (AvgIpc) is 2.96. The zero-order valence-electron chi connectivity index (χ0n) is 13.5. The fourth-order valence-electron chi connectivity index (χ4n) is 2.48. The van der Waals surface area contributed by atoms with Crippen molar-refractivity contribution in [1.82, 2.24) is 0 Å². The summed E-state index contributed by atoms with van der Waals surface area (Å²) in [6.07, 6.45) is -4.04. The van der Waals surface area contributed by atoms with E-state index in [0.717, 1.165) is 17.7 Å². The Morgan fingerprint density at radius 3 is 2.54 bits per heavy atom. The van der Waals surface area contributed by atoms with Crippen molar-refractivity contribution in [2.45, 2.75) is 18.9 Å². The molecule has 9 heteroatoms. The van der Waals surface area contributed by atoms with Gasteiger partial charge in [-0.2, -0.15) is 0 Å². The summed E-state index contributed by atoms with van der Waals surface area (Å²) in [6, 6.07) is 13.0. The van der Waals surface area contributed by atoms with Crippen LogP contribution in [0.15, 0.2) is 53.5 Å². The highest BCUT2D eigenvalue weighted by Gasteiger charge is 2.31. The lowest BCUT2D eigenvalue weighted by molar-refractivity contribution is -0.274. The smallest absolute Gasteiger partial charge is 0.488 e. The maximum Gasteiger partial charge on any atom is 0.573 e. The van der Waals surface area contributed by atoms with E-state index in [9.17, 15) is 13.2 Å². The van der Waals surface area contributed by atoms with Gasteiger partial charge in [0.1, 0.15) is 17.6 Å². The highest BCUT2D eigenvalue weighted by Crippen LogP contribution is 2.28. The molecule has 140 valence electrons. The van der Waals surface area contributed by atoms with E-state index in [1.54, 1.807) is 0 Å². The number of para-hydroxylation sites is 1. The third-order valence-corrected chi connectivity index (χ3v) is 3.54. The minimum absolute atomic E-state index is 0. The Kier molecular flexibility index (Phi) is 6.57. The fraction of sp³-hybridized carbons (Fsp3) is 0.235. The Morgan fingerprint density at radius 2 is 1.88 bits per heavy atom. The van der Waals surface area contributed by atoms with Gasteiger partial charge in [-0.05, 0) is 35.9 Å². The lowest BCUT2D eigenvalue weighted by atomic mass is 10.1. The van der Waals surface area contributed by atoms with Crippen molar-refractivity contribution < 1.29 is 22.6 Å². The van der Waals surface area contributed by atoms with Gasteiger partial charge in [-0.25, -0.2) is 4.99 Å².